The molecule has 10 nitrogen and oxygen atoms in total. The first kappa shape index (κ1) is 29.8. The monoisotopic (exact) mass is 604 g/mol. The Bertz CT molecular complexity index is 1710. The van der Waals surface area contributed by atoms with Gasteiger partial charge in [0.25, 0.3) is 5.91 Å². The Balaban J connectivity index is 1.58. The van der Waals surface area contributed by atoms with E-state index in [1.54, 1.807) is 54.6 Å². The van der Waals surface area contributed by atoms with E-state index in [0.29, 0.717) is 16.1 Å². The maximum Gasteiger partial charge on any atom is 0.337 e. The maximum absolute atomic E-state index is 13.4. The lowest BCUT2D eigenvalue weighted by molar-refractivity contribution is -0.115. The van der Waals surface area contributed by atoms with Crippen LogP contribution < -0.4 is 10.6 Å². The summed E-state index contributed by atoms with van der Waals surface area (Å²) in [6, 6.07) is 22.7. The van der Waals surface area contributed by atoms with Crippen molar-refractivity contribution in [2.24, 2.45) is 0 Å². The van der Waals surface area contributed by atoms with Crippen LogP contribution in [0.5, 0.6) is 0 Å². The molecule has 0 aliphatic heterocycles. The van der Waals surface area contributed by atoms with Crippen LogP contribution in [-0.4, -0.2) is 45.0 Å². The molecule has 0 saturated carbocycles. The normalized spacial score (nSPS) is 11.3. The number of hydrogen-bond donors (Lipinski definition) is 5. The van der Waals surface area contributed by atoms with Crippen LogP contribution in [0, 0.1) is 0 Å². The SMILES string of the molecule is O=C(O)c1ccc(C(=O)Nc2cccc(SC(C(=O)Nc3ccc(Cl)c(C(=O)O)c3)c3ccccc3)c2)c(C(=O)O)c1. The van der Waals surface area contributed by atoms with Crippen LogP contribution >= 0.6 is 23.4 Å². The highest BCUT2D eigenvalue weighted by Gasteiger charge is 2.24. The number of carbonyl (C=O) groups excluding carboxylic acids is 2. The molecule has 0 aromatic heterocycles. The van der Waals surface area contributed by atoms with E-state index >= 15 is 0 Å². The molecule has 5 N–H and O–H groups in total. The first-order valence-electron chi connectivity index (χ1n) is 12.1. The number of amides is 2. The highest BCUT2D eigenvalue weighted by Crippen LogP contribution is 2.37. The Morgan fingerprint density at radius 3 is 2.00 bits per heavy atom. The van der Waals surface area contributed by atoms with E-state index in [-0.39, 0.29) is 27.4 Å². The van der Waals surface area contributed by atoms with Crippen LogP contribution in [-0.2, 0) is 4.79 Å². The zero-order valence-electron chi connectivity index (χ0n) is 21.4. The number of aromatic carboxylic acids is 3. The fourth-order valence-corrected chi connectivity index (χ4v) is 5.19. The van der Waals surface area contributed by atoms with Crippen molar-refractivity contribution >= 4 is 64.5 Å². The number of thioether (sulfide) groups is 1. The summed E-state index contributed by atoms with van der Waals surface area (Å²) >= 11 is 7.11. The molecule has 1 unspecified atom stereocenters. The second-order valence-corrected chi connectivity index (χ2v) is 10.3. The predicted molar refractivity (Wildman–Crippen MR) is 157 cm³/mol. The van der Waals surface area contributed by atoms with Gasteiger partial charge < -0.3 is 26.0 Å². The Morgan fingerprint density at radius 1 is 0.643 bits per heavy atom. The van der Waals surface area contributed by atoms with Crippen molar-refractivity contribution in [3.63, 3.8) is 0 Å². The molecule has 0 aliphatic rings. The van der Waals surface area contributed by atoms with Gasteiger partial charge in [-0.05, 0) is 60.2 Å². The van der Waals surface area contributed by atoms with Gasteiger partial charge in [0.15, 0.2) is 0 Å². The molecule has 2 amide bonds. The van der Waals surface area contributed by atoms with E-state index in [4.69, 9.17) is 16.7 Å². The van der Waals surface area contributed by atoms with Crippen LogP contribution in [0.25, 0.3) is 0 Å². The second kappa shape index (κ2) is 13.0. The van der Waals surface area contributed by atoms with E-state index in [0.717, 1.165) is 18.2 Å². The quantitative estimate of drug-likeness (QED) is 0.133. The summed E-state index contributed by atoms with van der Waals surface area (Å²) < 4.78 is 0. The first-order chi connectivity index (χ1) is 20.0. The molecule has 42 heavy (non-hydrogen) atoms. The van der Waals surface area contributed by atoms with Crippen LogP contribution in [0.1, 0.15) is 52.2 Å². The molecule has 1 atom stereocenters. The van der Waals surface area contributed by atoms with E-state index in [2.05, 4.69) is 10.6 Å². The summed E-state index contributed by atoms with van der Waals surface area (Å²) in [6.45, 7) is 0. The van der Waals surface area contributed by atoms with E-state index in [1.165, 1.54) is 30.0 Å². The van der Waals surface area contributed by atoms with Gasteiger partial charge in [-0.15, -0.1) is 11.8 Å². The van der Waals surface area contributed by atoms with Crippen molar-refractivity contribution < 1.29 is 39.3 Å². The van der Waals surface area contributed by atoms with Crippen molar-refractivity contribution in [2.75, 3.05) is 10.6 Å². The summed E-state index contributed by atoms with van der Waals surface area (Å²) in [5.41, 5.74) is 0.0808. The van der Waals surface area contributed by atoms with Crippen molar-refractivity contribution in [2.45, 2.75) is 10.1 Å². The van der Waals surface area contributed by atoms with Gasteiger partial charge in [0, 0.05) is 16.3 Å². The number of anilines is 2. The van der Waals surface area contributed by atoms with Gasteiger partial charge in [-0.25, -0.2) is 14.4 Å². The van der Waals surface area contributed by atoms with E-state index in [1.807, 2.05) is 0 Å². The number of carbonyl (C=O) groups is 5. The molecule has 0 bridgehead atoms. The average molecular weight is 605 g/mol. The second-order valence-electron chi connectivity index (χ2n) is 8.75. The number of nitrogens with one attached hydrogen (secondary N) is 2. The number of benzene rings is 4. The molecule has 0 saturated heterocycles. The maximum atomic E-state index is 13.4. The minimum absolute atomic E-state index is 0.0293. The topological polar surface area (TPSA) is 170 Å². The molecule has 0 heterocycles. The summed E-state index contributed by atoms with van der Waals surface area (Å²) in [4.78, 5) is 61.3. The molecule has 212 valence electrons. The lowest BCUT2D eigenvalue weighted by Crippen LogP contribution is -2.19. The minimum atomic E-state index is -1.46. The number of carboxylic acid groups (broad SMARTS) is 3. The number of rotatable bonds is 10. The molecule has 4 aromatic rings. The van der Waals surface area contributed by atoms with Gasteiger partial charge in [0.05, 0.1) is 27.3 Å². The average Bonchev–Trinajstić information content (AvgIpc) is 2.97. The zero-order valence-corrected chi connectivity index (χ0v) is 23.0. The largest absolute Gasteiger partial charge is 0.478 e. The Labute approximate surface area is 248 Å². The standard InChI is InChI=1S/C30H21ClN2O8S/c31-24-12-10-19(15-23(24)30(40)41)33-27(35)25(16-5-2-1-3-6-16)42-20-8-4-7-18(14-20)32-26(34)21-11-9-17(28(36)37)13-22(21)29(38)39/h1-15,25H,(H,32,34)(H,33,35)(H,36,37)(H,38,39)(H,40,41). The summed E-state index contributed by atoms with van der Waals surface area (Å²) in [5, 5.41) is 32.6. The van der Waals surface area contributed by atoms with Crippen LogP contribution in [0.4, 0.5) is 11.4 Å². The number of carboxylic acids is 3. The fraction of sp³-hybridized carbons (Fsp3) is 0.0333. The minimum Gasteiger partial charge on any atom is -0.478 e. The summed E-state index contributed by atoms with van der Waals surface area (Å²) in [5.74, 6) is -5.23. The van der Waals surface area contributed by atoms with Gasteiger partial charge in [-0.1, -0.05) is 48.0 Å². The fourth-order valence-electron chi connectivity index (χ4n) is 3.91. The smallest absolute Gasteiger partial charge is 0.337 e. The lowest BCUT2D eigenvalue weighted by Gasteiger charge is -2.18. The van der Waals surface area contributed by atoms with Crippen molar-refractivity contribution in [3.8, 4) is 0 Å². The summed E-state index contributed by atoms with van der Waals surface area (Å²) in [7, 11) is 0. The highest BCUT2D eigenvalue weighted by atomic mass is 35.5. The van der Waals surface area contributed by atoms with Crippen molar-refractivity contribution in [3.05, 3.63) is 124 Å². The Morgan fingerprint density at radius 2 is 1.33 bits per heavy atom. The van der Waals surface area contributed by atoms with Gasteiger partial charge in [-0.3, -0.25) is 9.59 Å². The van der Waals surface area contributed by atoms with Gasteiger partial charge in [0.1, 0.15) is 5.25 Å². The van der Waals surface area contributed by atoms with E-state index in [9.17, 15) is 34.2 Å². The third-order valence-corrected chi connectivity index (χ3v) is 7.47. The van der Waals surface area contributed by atoms with Crippen molar-refractivity contribution in [1.82, 2.24) is 0 Å². The lowest BCUT2D eigenvalue weighted by atomic mass is 10.0. The molecule has 0 radical (unpaired) electrons. The molecular weight excluding hydrogens is 584 g/mol. The number of hydrogen-bond acceptors (Lipinski definition) is 6. The van der Waals surface area contributed by atoms with Gasteiger partial charge in [0.2, 0.25) is 5.91 Å². The molecule has 4 rings (SSSR count). The van der Waals surface area contributed by atoms with Crippen molar-refractivity contribution in [1.29, 1.82) is 0 Å². The Hall–Kier alpha value is -5.13. The predicted octanol–water partition coefficient (Wildman–Crippen LogP) is 6.16. The van der Waals surface area contributed by atoms with Crippen LogP contribution in [0.15, 0.2) is 95.9 Å². The third-order valence-electron chi connectivity index (χ3n) is 5.89. The Kier molecular flexibility index (Phi) is 9.25. The molecular formula is C30H21ClN2O8S. The van der Waals surface area contributed by atoms with Gasteiger partial charge in [-0.2, -0.15) is 0 Å². The van der Waals surface area contributed by atoms with Crippen LogP contribution in [0.2, 0.25) is 5.02 Å². The highest BCUT2D eigenvalue weighted by molar-refractivity contribution is 8.00. The first-order valence-corrected chi connectivity index (χ1v) is 13.4. The molecule has 0 spiro atoms. The zero-order chi connectivity index (χ0) is 30.4. The van der Waals surface area contributed by atoms with Crippen LogP contribution in [0.3, 0.4) is 0 Å². The molecule has 0 aliphatic carbocycles. The number of halogens is 1. The van der Waals surface area contributed by atoms with Gasteiger partial charge >= 0.3 is 17.9 Å². The van der Waals surface area contributed by atoms with E-state index < -0.39 is 40.5 Å². The summed E-state index contributed by atoms with van der Waals surface area (Å²) in [6.07, 6.45) is 0. The molecule has 12 heteroatoms. The molecule has 4 aromatic carbocycles. The third kappa shape index (κ3) is 7.14. The molecule has 0 fully saturated rings.